The molecule has 5 heteroatoms. The van der Waals surface area contributed by atoms with Crippen LogP contribution in [0.15, 0.2) is 6.20 Å². The van der Waals surface area contributed by atoms with Crippen LogP contribution in [0.4, 0.5) is 5.13 Å². The molecule has 1 N–H and O–H groups in total. The van der Waals surface area contributed by atoms with Crippen molar-refractivity contribution in [3.05, 3.63) is 11.1 Å². The molecule has 0 aliphatic rings. The smallest absolute Gasteiger partial charge is 0.186 e. The van der Waals surface area contributed by atoms with E-state index in [1.54, 1.807) is 6.20 Å². The largest absolute Gasteiger partial charge is 0.395 e. The van der Waals surface area contributed by atoms with Gasteiger partial charge in [-0.15, -0.1) is 0 Å². The summed E-state index contributed by atoms with van der Waals surface area (Å²) >= 11 is 1.37. The number of aliphatic hydroxyl groups excluding tert-OH is 1. The summed E-state index contributed by atoms with van der Waals surface area (Å²) in [6.07, 6.45) is 1.59. The van der Waals surface area contributed by atoms with Crippen LogP contribution in [0.3, 0.4) is 0 Å². The van der Waals surface area contributed by atoms with Crippen molar-refractivity contribution in [1.29, 1.82) is 0 Å². The fourth-order valence-electron chi connectivity index (χ4n) is 1.08. The van der Waals surface area contributed by atoms with Crippen LogP contribution in [0, 0.1) is 0 Å². The first-order valence-electron chi connectivity index (χ1n) is 4.51. The van der Waals surface area contributed by atoms with Crippen LogP contribution in [0.5, 0.6) is 0 Å². The first kappa shape index (κ1) is 11.1. The normalized spacial score (nSPS) is 10.2. The number of thiazole rings is 1. The number of ketones is 1. The Balaban J connectivity index is 2.78. The highest BCUT2D eigenvalue weighted by atomic mass is 32.1. The van der Waals surface area contributed by atoms with E-state index in [2.05, 4.69) is 4.98 Å². The van der Waals surface area contributed by atoms with Gasteiger partial charge in [-0.3, -0.25) is 4.79 Å². The number of rotatable bonds is 5. The van der Waals surface area contributed by atoms with Crippen molar-refractivity contribution in [3.8, 4) is 0 Å². The summed E-state index contributed by atoms with van der Waals surface area (Å²) in [4.78, 5) is 17.8. The standard InChI is InChI=1S/C9H14N2O2S/c1-3-11(4-5-12)9-10-6-8(14-9)7(2)13/h6,12H,3-5H2,1-2H3. The maximum absolute atomic E-state index is 11.0. The van der Waals surface area contributed by atoms with Crippen LogP contribution in [0.1, 0.15) is 23.5 Å². The van der Waals surface area contributed by atoms with Gasteiger partial charge >= 0.3 is 0 Å². The minimum Gasteiger partial charge on any atom is -0.395 e. The lowest BCUT2D eigenvalue weighted by atomic mass is 10.4. The van der Waals surface area contributed by atoms with Gasteiger partial charge in [0.15, 0.2) is 10.9 Å². The van der Waals surface area contributed by atoms with Gasteiger partial charge in [0.1, 0.15) is 0 Å². The van der Waals surface area contributed by atoms with Crippen molar-refractivity contribution in [3.63, 3.8) is 0 Å². The molecular formula is C9H14N2O2S. The molecule has 4 nitrogen and oxygen atoms in total. The molecule has 0 saturated heterocycles. The predicted octanol–water partition coefficient (Wildman–Crippen LogP) is 1.16. The van der Waals surface area contributed by atoms with E-state index >= 15 is 0 Å². The Bertz CT molecular complexity index is 312. The maximum atomic E-state index is 11.0. The Morgan fingerprint density at radius 3 is 2.86 bits per heavy atom. The monoisotopic (exact) mass is 214 g/mol. The first-order valence-corrected chi connectivity index (χ1v) is 5.33. The van der Waals surface area contributed by atoms with Crippen molar-refractivity contribution < 1.29 is 9.90 Å². The van der Waals surface area contributed by atoms with Crippen LogP contribution in [-0.2, 0) is 0 Å². The molecule has 0 spiro atoms. The van der Waals surface area contributed by atoms with Crippen molar-refractivity contribution in [1.82, 2.24) is 4.98 Å². The van der Waals surface area contributed by atoms with Gasteiger partial charge < -0.3 is 10.0 Å². The third kappa shape index (κ3) is 2.52. The third-order valence-electron chi connectivity index (χ3n) is 1.86. The quantitative estimate of drug-likeness (QED) is 0.747. The first-order chi connectivity index (χ1) is 6.69. The number of carbonyl (C=O) groups excluding carboxylic acids is 1. The van der Waals surface area contributed by atoms with Gasteiger partial charge in [0, 0.05) is 20.0 Å². The molecule has 78 valence electrons. The molecule has 0 radical (unpaired) electrons. The van der Waals surface area contributed by atoms with Crippen LogP contribution in [-0.4, -0.2) is 35.6 Å². The molecule has 0 atom stereocenters. The Morgan fingerprint density at radius 1 is 1.71 bits per heavy atom. The molecule has 1 aromatic rings. The van der Waals surface area contributed by atoms with Gasteiger partial charge in [-0.1, -0.05) is 11.3 Å². The van der Waals surface area contributed by atoms with Crippen LogP contribution in [0.2, 0.25) is 0 Å². The molecular weight excluding hydrogens is 200 g/mol. The summed E-state index contributed by atoms with van der Waals surface area (Å²) in [5.41, 5.74) is 0. The summed E-state index contributed by atoms with van der Waals surface area (Å²) in [6, 6.07) is 0. The Hall–Kier alpha value is -0.940. The Morgan fingerprint density at radius 2 is 2.43 bits per heavy atom. The lowest BCUT2D eigenvalue weighted by Crippen LogP contribution is -2.25. The number of carbonyl (C=O) groups is 1. The number of likely N-dealkylation sites (N-methyl/N-ethyl adjacent to an activating group) is 1. The molecule has 0 unspecified atom stereocenters. The van der Waals surface area contributed by atoms with Crippen molar-refractivity contribution in [2.75, 3.05) is 24.6 Å². The van der Waals surface area contributed by atoms with Gasteiger partial charge in [0.25, 0.3) is 0 Å². The molecule has 0 fully saturated rings. The van der Waals surface area contributed by atoms with E-state index in [1.165, 1.54) is 18.3 Å². The molecule has 0 aliphatic heterocycles. The van der Waals surface area contributed by atoms with E-state index in [0.29, 0.717) is 11.4 Å². The second-order valence-corrected chi connectivity index (χ2v) is 3.88. The van der Waals surface area contributed by atoms with E-state index < -0.39 is 0 Å². The SMILES string of the molecule is CCN(CCO)c1ncc(C(C)=O)s1. The molecule has 0 aliphatic carbocycles. The number of hydrogen-bond donors (Lipinski definition) is 1. The Kier molecular flexibility index (Phi) is 4.03. The zero-order chi connectivity index (χ0) is 10.6. The fraction of sp³-hybridized carbons (Fsp3) is 0.556. The lowest BCUT2D eigenvalue weighted by molar-refractivity contribution is 0.102. The maximum Gasteiger partial charge on any atom is 0.186 e. The number of Topliss-reactive ketones (excluding diaryl/α,β-unsaturated/α-hetero) is 1. The van der Waals surface area contributed by atoms with Gasteiger partial charge in [-0.2, -0.15) is 0 Å². The summed E-state index contributed by atoms with van der Waals surface area (Å²) < 4.78 is 0. The molecule has 1 aromatic heterocycles. The average molecular weight is 214 g/mol. The number of anilines is 1. The number of nitrogens with zero attached hydrogens (tertiary/aromatic N) is 2. The molecule has 1 rings (SSSR count). The number of aliphatic hydroxyl groups is 1. The highest BCUT2D eigenvalue weighted by molar-refractivity contribution is 7.17. The topological polar surface area (TPSA) is 53.4 Å². The van der Waals surface area contributed by atoms with Gasteiger partial charge in [-0.05, 0) is 6.92 Å². The Labute approximate surface area is 87.2 Å². The van der Waals surface area contributed by atoms with E-state index in [1.807, 2.05) is 11.8 Å². The molecule has 14 heavy (non-hydrogen) atoms. The second kappa shape index (κ2) is 5.07. The van der Waals surface area contributed by atoms with Crippen LogP contribution < -0.4 is 4.90 Å². The van der Waals surface area contributed by atoms with Crippen molar-refractivity contribution in [2.24, 2.45) is 0 Å². The van der Waals surface area contributed by atoms with Gasteiger partial charge in [-0.25, -0.2) is 4.98 Å². The molecule has 1 heterocycles. The van der Waals surface area contributed by atoms with Crippen LogP contribution >= 0.6 is 11.3 Å². The summed E-state index contributed by atoms with van der Waals surface area (Å²) in [7, 11) is 0. The molecule has 0 amide bonds. The van der Waals surface area contributed by atoms with Crippen molar-refractivity contribution in [2.45, 2.75) is 13.8 Å². The van der Waals surface area contributed by atoms with E-state index in [9.17, 15) is 4.79 Å². The molecule has 0 bridgehead atoms. The summed E-state index contributed by atoms with van der Waals surface area (Å²) in [6.45, 7) is 4.96. The van der Waals surface area contributed by atoms with E-state index in [0.717, 1.165) is 11.7 Å². The lowest BCUT2D eigenvalue weighted by Gasteiger charge is -2.17. The minimum absolute atomic E-state index is 0.0359. The number of aromatic nitrogens is 1. The minimum atomic E-state index is 0.0359. The zero-order valence-electron chi connectivity index (χ0n) is 8.36. The highest BCUT2D eigenvalue weighted by Crippen LogP contribution is 2.22. The average Bonchev–Trinajstić information content (AvgIpc) is 2.63. The summed E-state index contributed by atoms with van der Waals surface area (Å²) in [5.74, 6) is 0.0359. The zero-order valence-corrected chi connectivity index (χ0v) is 9.17. The van der Waals surface area contributed by atoms with E-state index in [-0.39, 0.29) is 12.4 Å². The molecule has 0 aromatic carbocycles. The predicted molar refractivity (Wildman–Crippen MR) is 57.1 cm³/mol. The van der Waals surface area contributed by atoms with E-state index in [4.69, 9.17) is 5.11 Å². The second-order valence-electron chi connectivity index (χ2n) is 2.87. The van der Waals surface area contributed by atoms with Gasteiger partial charge in [0.05, 0.1) is 17.7 Å². The van der Waals surface area contributed by atoms with Crippen LogP contribution in [0.25, 0.3) is 0 Å². The molecule has 0 saturated carbocycles. The van der Waals surface area contributed by atoms with Crippen molar-refractivity contribution >= 4 is 22.3 Å². The fourth-order valence-corrected chi connectivity index (χ4v) is 1.98. The highest BCUT2D eigenvalue weighted by Gasteiger charge is 2.10. The summed E-state index contributed by atoms with van der Waals surface area (Å²) in [5, 5.41) is 9.61. The third-order valence-corrected chi connectivity index (χ3v) is 3.02. The number of hydrogen-bond acceptors (Lipinski definition) is 5. The van der Waals surface area contributed by atoms with Gasteiger partial charge in [0.2, 0.25) is 0 Å².